The van der Waals surface area contributed by atoms with Crippen LogP contribution in [0.2, 0.25) is 0 Å². The Morgan fingerprint density at radius 1 is 1.47 bits per heavy atom. The highest BCUT2D eigenvalue weighted by Gasteiger charge is 2.39. The molecule has 2 atom stereocenters. The molecular weight excluding hydrogens is 194 g/mol. The molecular formula is C11H21NO3. The fourth-order valence-electron chi connectivity index (χ4n) is 2.41. The largest absolute Gasteiger partial charge is 0.388 e. The molecule has 4 heteroatoms. The molecule has 15 heavy (non-hydrogen) atoms. The Bertz CT molecular complexity index is 224. The molecule has 0 spiro atoms. The van der Waals surface area contributed by atoms with Gasteiger partial charge >= 0.3 is 0 Å². The van der Waals surface area contributed by atoms with Crippen LogP contribution in [0, 0.1) is 0 Å². The van der Waals surface area contributed by atoms with Crippen LogP contribution in [0.1, 0.15) is 33.1 Å². The first kappa shape index (κ1) is 11.3. The van der Waals surface area contributed by atoms with Gasteiger partial charge in [0.15, 0.2) is 5.79 Å². The average molecular weight is 215 g/mol. The van der Waals surface area contributed by atoms with E-state index in [0.717, 1.165) is 19.4 Å². The summed E-state index contributed by atoms with van der Waals surface area (Å²) in [6.07, 6.45) is 2.60. The minimum Gasteiger partial charge on any atom is -0.388 e. The number of nitrogens with one attached hydrogen (secondary N) is 1. The van der Waals surface area contributed by atoms with Gasteiger partial charge in [-0.3, -0.25) is 0 Å². The highest BCUT2D eigenvalue weighted by Crippen LogP contribution is 2.30. The molecule has 88 valence electrons. The van der Waals surface area contributed by atoms with E-state index < -0.39 is 11.4 Å². The van der Waals surface area contributed by atoms with E-state index in [1.165, 1.54) is 0 Å². The van der Waals surface area contributed by atoms with Crippen molar-refractivity contribution in [3.8, 4) is 0 Å². The molecule has 2 saturated heterocycles. The van der Waals surface area contributed by atoms with Crippen molar-refractivity contribution in [1.29, 1.82) is 0 Å². The van der Waals surface area contributed by atoms with E-state index in [1.54, 1.807) is 0 Å². The zero-order valence-electron chi connectivity index (χ0n) is 9.58. The van der Waals surface area contributed by atoms with Gasteiger partial charge in [0.1, 0.15) is 0 Å². The zero-order chi connectivity index (χ0) is 10.9. The summed E-state index contributed by atoms with van der Waals surface area (Å²) in [6.45, 7) is 6.10. The van der Waals surface area contributed by atoms with Crippen LogP contribution in [0.4, 0.5) is 0 Å². The van der Waals surface area contributed by atoms with Crippen LogP contribution in [0.3, 0.4) is 0 Å². The average Bonchev–Trinajstić information content (AvgIpc) is 2.45. The van der Waals surface area contributed by atoms with Crippen LogP contribution >= 0.6 is 0 Å². The monoisotopic (exact) mass is 215 g/mol. The van der Waals surface area contributed by atoms with Crippen LogP contribution in [0.15, 0.2) is 0 Å². The Hall–Kier alpha value is -0.160. The molecule has 0 aromatic carbocycles. The van der Waals surface area contributed by atoms with E-state index in [4.69, 9.17) is 9.47 Å². The number of aliphatic hydroxyl groups is 1. The molecule has 0 aliphatic carbocycles. The Morgan fingerprint density at radius 3 is 2.80 bits per heavy atom. The molecule has 0 aromatic heterocycles. The minimum absolute atomic E-state index is 0.0323. The fourth-order valence-corrected chi connectivity index (χ4v) is 2.41. The maximum absolute atomic E-state index is 10.3. The molecule has 2 heterocycles. The second-order valence-electron chi connectivity index (χ2n) is 5.16. The molecule has 2 aliphatic heterocycles. The third-order valence-electron chi connectivity index (χ3n) is 3.12. The first-order valence-corrected chi connectivity index (χ1v) is 5.74. The van der Waals surface area contributed by atoms with Crippen LogP contribution in [0.25, 0.3) is 0 Å². The van der Waals surface area contributed by atoms with Crippen molar-refractivity contribution in [2.75, 3.05) is 19.7 Å². The molecule has 0 bridgehead atoms. The molecule has 4 nitrogen and oxygen atoms in total. The summed E-state index contributed by atoms with van der Waals surface area (Å²) in [5, 5.41) is 13.5. The van der Waals surface area contributed by atoms with E-state index in [0.29, 0.717) is 19.6 Å². The smallest absolute Gasteiger partial charge is 0.163 e. The van der Waals surface area contributed by atoms with E-state index in [2.05, 4.69) is 5.32 Å². The van der Waals surface area contributed by atoms with Crippen molar-refractivity contribution >= 4 is 0 Å². The van der Waals surface area contributed by atoms with Crippen LogP contribution in [0.5, 0.6) is 0 Å². The summed E-state index contributed by atoms with van der Waals surface area (Å²) in [4.78, 5) is 0. The highest BCUT2D eigenvalue weighted by molar-refractivity contribution is 4.89. The van der Waals surface area contributed by atoms with Crippen LogP contribution < -0.4 is 5.32 Å². The van der Waals surface area contributed by atoms with Gasteiger partial charge in [-0.05, 0) is 33.2 Å². The fraction of sp³-hybridized carbons (Fsp3) is 1.00. The van der Waals surface area contributed by atoms with Gasteiger partial charge < -0.3 is 19.9 Å². The van der Waals surface area contributed by atoms with Crippen LogP contribution in [-0.2, 0) is 9.47 Å². The second kappa shape index (κ2) is 4.01. The lowest BCUT2D eigenvalue weighted by atomic mass is 9.88. The predicted molar refractivity (Wildman–Crippen MR) is 56.6 cm³/mol. The predicted octanol–water partition coefficient (Wildman–Crippen LogP) is 0.642. The topological polar surface area (TPSA) is 50.7 Å². The third-order valence-corrected chi connectivity index (χ3v) is 3.12. The Morgan fingerprint density at radius 2 is 2.27 bits per heavy atom. The van der Waals surface area contributed by atoms with Crippen molar-refractivity contribution in [3.05, 3.63) is 0 Å². The second-order valence-corrected chi connectivity index (χ2v) is 5.16. The standard InChI is InChI=1S/C11H21NO3/c1-10(2)14-7-9(15-10)6-11(13)4-3-5-12-8-11/h9,12-13H,3-8H2,1-2H3. The van der Waals surface area contributed by atoms with Crippen LogP contribution in [-0.4, -0.2) is 42.3 Å². The normalized spacial score (nSPS) is 40.6. The van der Waals surface area contributed by atoms with Gasteiger partial charge in [-0.25, -0.2) is 0 Å². The number of ether oxygens (including phenoxy) is 2. The molecule has 0 saturated carbocycles. The van der Waals surface area contributed by atoms with E-state index in [-0.39, 0.29) is 6.10 Å². The molecule has 0 amide bonds. The van der Waals surface area contributed by atoms with Crippen molar-refractivity contribution in [2.45, 2.75) is 50.6 Å². The van der Waals surface area contributed by atoms with Crippen molar-refractivity contribution < 1.29 is 14.6 Å². The molecule has 0 aromatic rings. The summed E-state index contributed by atoms with van der Waals surface area (Å²) >= 11 is 0. The summed E-state index contributed by atoms with van der Waals surface area (Å²) < 4.78 is 11.2. The highest BCUT2D eigenvalue weighted by atomic mass is 16.7. The van der Waals surface area contributed by atoms with Gasteiger partial charge in [0.05, 0.1) is 18.3 Å². The summed E-state index contributed by atoms with van der Waals surface area (Å²) in [7, 11) is 0. The molecule has 2 N–H and O–H groups in total. The lowest BCUT2D eigenvalue weighted by Crippen LogP contribution is -2.48. The summed E-state index contributed by atoms with van der Waals surface area (Å²) in [5.41, 5.74) is -0.604. The van der Waals surface area contributed by atoms with Crippen molar-refractivity contribution in [2.24, 2.45) is 0 Å². The number of hydrogen-bond acceptors (Lipinski definition) is 4. The van der Waals surface area contributed by atoms with Gasteiger partial charge in [0.2, 0.25) is 0 Å². The van der Waals surface area contributed by atoms with Gasteiger partial charge in [0, 0.05) is 13.0 Å². The minimum atomic E-state index is -0.604. The summed E-state index contributed by atoms with van der Waals surface area (Å²) in [6, 6.07) is 0. The number of β-amino-alcohol motifs (C(OH)–C–C–N with tert-alkyl or cyclic N) is 1. The lowest BCUT2D eigenvalue weighted by Gasteiger charge is -2.34. The zero-order valence-corrected chi connectivity index (χ0v) is 9.58. The number of rotatable bonds is 2. The Kier molecular flexibility index (Phi) is 3.03. The van der Waals surface area contributed by atoms with Crippen molar-refractivity contribution in [3.63, 3.8) is 0 Å². The molecule has 2 unspecified atom stereocenters. The van der Waals surface area contributed by atoms with Crippen molar-refractivity contribution in [1.82, 2.24) is 5.32 Å². The molecule has 2 rings (SSSR count). The summed E-state index contributed by atoms with van der Waals surface area (Å²) in [5.74, 6) is -0.483. The Labute approximate surface area is 90.9 Å². The van der Waals surface area contributed by atoms with E-state index in [9.17, 15) is 5.11 Å². The van der Waals surface area contributed by atoms with Gasteiger partial charge in [-0.15, -0.1) is 0 Å². The molecule has 0 radical (unpaired) electrons. The first-order chi connectivity index (χ1) is 6.99. The lowest BCUT2D eigenvalue weighted by molar-refractivity contribution is -0.146. The third kappa shape index (κ3) is 2.91. The quantitative estimate of drug-likeness (QED) is 0.710. The van der Waals surface area contributed by atoms with E-state index >= 15 is 0 Å². The Balaban J connectivity index is 1.86. The SMILES string of the molecule is CC1(C)OCC(CC2(O)CCCNC2)O1. The molecule has 2 fully saturated rings. The maximum Gasteiger partial charge on any atom is 0.163 e. The number of hydrogen-bond donors (Lipinski definition) is 2. The molecule has 2 aliphatic rings. The van der Waals surface area contributed by atoms with Gasteiger partial charge in [-0.2, -0.15) is 0 Å². The van der Waals surface area contributed by atoms with E-state index in [1.807, 2.05) is 13.8 Å². The van der Waals surface area contributed by atoms with Gasteiger partial charge in [-0.1, -0.05) is 0 Å². The first-order valence-electron chi connectivity index (χ1n) is 5.74. The number of piperidine rings is 1. The van der Waals surface area contributed by atoms with Gasteiger partial charge in [0.25, 0.3) is 0 Å². The maximum atomic E-state index is 10.3.